The quantitative estimate of drug-likeness (QED) is 0.638. The van der Waals surface area contributed by atoms with Gasteiger partial charge in [0, 0.05) is 5.10 Å². The molecular formula is C21H26N3O+. The van der Waals surface area contributed by atoms with Crippen molar-refractivity contribution in [2.75, 3.05) is 6.61 Å². The van der Waals surface area contributed by atoms with Gasteiger partial charge in [0.1, 0.15) is 11.7 Å². The highest BCUT2D eigenvalue weighted by Gasteiger charge is 2.30. The molecule has 0 saturated carbocycles. The van der Waals surface area contributed by atoms with Gasteiger partial charge in [-0.2, -0.15) is 0 Å². The van der Waals surface area contributed by atoms with E-state index in [2.05, 4.69) is 54.7 Å². The molecule has 3 rings (SSSR count). The summed E-state index contributed by atoms with van der Waals surface area (Å²) in [4.78, 5) is 0. The number of benzene rings is 2. The average molecular weight is 336 g/mol. The second-order valence-electron chi connectivity index (χ2n) is 7.36. The lowest BCUT2D eigenvalue weighted by Gasteiger charge is -2.28. The molecule has 25 heavy (non-hydrogen) atoms. The first-order valence-corrected chi connectivity index (χ1v) is 8.66. The molecule has 0 aliphatic rings. The van der Waals surface area contributed by atoms with E-state index < -0.39 is 0 Å². The highest BCUT2D eigenvalue weighted by atomic mass is 16.5. The van der Waals surface area contributed by atoms with Crippen LogP contribution in [0.15, 0.2) is 73.3 Å². The lowest BCUT2D eigenvalue weighted by molar-refractivity contribution is -0.738. The lowest BCUT2D eigenvalue weighted by atomic mass is 9.87. The summed E-state index contributed by atoms with van der Waals surface area (Å²) in [5, 5.41) is 4.51. The fourth-order valence-electron chi connectivity index (χ4n) is 2.82. The zero-order chi connectivity index (χ0) is 17.7. The smallest absolute Gasteiger partial charge is 0.265 e. The van der Waals surface area contributed by atoms with E-state index in [-0.39, 0.29) is 11.5 Å². The van der Waals surface area contributed by atoms with Gasteiger partial charge in [-0.25, -0.2) is 4.57 Å². The molecule has 3 aromatic rings. The summed E-state index contributed by atoms with van der Waals surface area (Å²) in [5.41, 5.74) is 2.31. The minimum absolute atomic E-state index is 0.0614. The molecule has 1 atom stereocenters. The van der Waals surface area contributed by atoms with Crippen LogP contribution in [0.1, 0.15) is 32.4 Å². The molecule has 0 saturated heterocycles. The fourth-order valence-corrected chi connectivity index (χ4v) is 2.82. The van der Waals surface area contributed by atoms with Crippen molar-refractivity contribution in [1.82, 2.24) is 9.78 Å². The molecule has 0 aliphatic carbocycles. The molecule has 130 valence electrons. The Balaban J connectivity index is 1.72. The normalized spacial score (nSPS) is 12.9. The van der Waals surface area contributed by atoms with Crippen LogP contribution >= 0.6 is 0 Å². The van der Waals surface area contributed by atoms with Crippen LogP contribution in [0.2, 0.25) is 0 Å². The predicted molar refractivity (Wildman–Crippen MR) is 98.3 cm³/mol. The molecule has 0 N–H and O–H groups in total. The maximum Gasteiger partial charge on any atom is 0.265 e. The zero-order valence-electron chi connectivity index (χ0n) is 15.2. The third kappa shape index (κ3) is 4.54. The van der Waals surface area contributed by atoms with Crippen LogP contribution in [0, 0.1) is 5.41 Å². The maximum absolute atomic E-state index is 6.02. The molecule has 1 aromatic heterocycles. The molecule has 0 bridgehead atoms. The lowest BCUT2D eigenvalue weighted by Crippen LogP contribution is -2.47. The van der Waals surface area contributed by atoms with E-state index in [4.69, 9.17) is 4.74 Å². The Morgan fingerprint density at radius 3 is 2.28 bits per heavy atom. The minimum atomic E-state index is 0.0614. The van der Waals surface area contributed by atoms with Crippen molar-refractivity contribution in [3.8, 4) is 5.69 Å². The van der Waals surface area contributed by atoms with Gasteiger partial charge in [-0.1, -0.05) is 74.0 Å². The summed E-state index contributed by atoms with van der Waals surface area (Å²) < 4.78 is 10.1. The summed E-state index contributed by atoms with van der Waals surface area (Å²) >= 11 is 0. The Hall–Kier alpha value is -2.46. The van der Waals surface area contributed by atoms with Crippen molar-refractivity contribution in [2.45, 2.75) is 33.4 Å². The molecule has 0 aliphatic heterocycles. The van der Waals surface area contributed by atoms with E-state index >= 15 is 0 Å². The van der Waals surface area contributed by atoms with Crippen molar-refractivity contribution in [2.24, 2.45) is 5.41 Å². The van der Waals surface area contributed by atoms with E-state index in [1.165, 1.54) is 5.56 Å². The van der Waals surface area contributed by atoms with Crippen molar-refractivity contribution >= 4 is 0 Å². The summed E-state index contributed by atoms with van der Waals surface area (Å²) in [6.07, 6.45) is 3.92. The molecule has 4 heteroatoms. The van der Waals surface area contributed by atoms with E-state index in [0.717, 1.165) is 5.69 Å². The third-order valence-electron chi connectivity index (χ3n) is 4.32. The Morgan fingerprint density at radius 1 is 1.00 bits per heavy atom. The molecule has 0 radical (unpaired) electrons. The third-order valence-corrected chi connectivity index (χ3v) is 4.32. The Bertz CT molecular complexity index is 776. The number of hydrogen-bond acceptors (Lipinski definition) is 2. The standard InChI is InChI=1S/C21H26N3O/c1-21(2,3)20(15-25-14-18-10-6-4-7-11-18)23-16-22-24(17-23)19-12-8-5-9-13-19/h4-13,16-17,20H,14-15H2,1-3H3/q+1/t20-/m1/s1. The van der Waals surface area contributed by atoms with Crippen molar-refractivity contribution in [3.63, 3.8) is 0 Å². The molecule has 4 nitrogen and oxygen atoms in total. The van der Waals surface area contributed by atoms with Gasteiger partial charge in [-0.05, 0) is 23.1 Å². The van der Waals surface area contributed by atoms with Crippen LogP contribution < -0.4 is 4.57 Å². The first kappa shape index (κ1) is 17.4. The van der Waals surface area contributed by atoms with Crippen LogP contribution in [-0.2, 0) is 11.3 Å². The first-order valence-electron chi connectivity index (χ1n) is 8.66. The topological polar surface area (TPSA) is 30.9 Å². The van der Waals surface area contributed by atoms with Gasteiger partial charge in [-0.3, -0.25) is 0 Å². The van der Waals surface area contributed by atoms with Crippen LogP contribution in [0.25, 0.3) is 5.69 Å². The van der Waals surface area contributed by atoms with Crippen LogP contribution in [0.5, 0.6) is 0 Å². The second kappa shape index (κ2) is 7.62. The Morgan fingerprint density at radius 2 is 1.64 bits per heavy atom. The van der Waals surface area contributed by atoms with Gasteiger partial charge in [0.05, 0.1) is 13.2 Å². The molecular weight excluding hydrogens is 310 g/mol. The van der Waals surface area contributed by atoms with Gasteiger partial charge in [-0.15, -0.1) is 0 Å². The van der Waals surface area contributed by atoms with Crippen molar-refractivity contribution in [1.29, 1.82) is 0 Å². The number of ether oxygens (including phenoxy) is 1. The van der Waals surface area contributed by atoms with E-state index in [0.29, 0.717) is 13.2 Å². The van der Waals surface area contributed by atoms with Gasteiger partial charge >= 0.3 is 0 Å². The SMILES string of the molecule is CC(C)(C)[C@@H](COCc1ccccc1)[n+]1cnn(-c2ccccc2)c1. The van der Waals surface area contributed by atoms with E-state index in [1.54, 1.807) is 0 Å². The van der Waals surface area contributed by atoms with Crippen LogP contribution in [0.4, 0.5) is 0 Å². The maximum atomic E-state index is 6.02. The van der Waals surface area contributed by atoms with Gasteiger partial charge in [0.15, 0.2) is 0 Å². The molecule has 0 amide bonds. The molecule has 0 spiro atoms. The highest BCUT2D eigenvalue weighted by molar-refractivity contribution is 5.28. The van der Waals surface area contributed by atoms with Crippen molar-refractivity contribution in [3.05, 3.63) is 78.9 Å². The number of rotatable bonds is 6. The molecule has 0 unspecified atom stereocenters. The summed E-state index contributed by atoms with van der Waals surface area (Å²) in [6.45, 7) is 7.97. The Kier molecular flexibility index (Phi) is 5.29. The van der Waals surface area contributed by atoms with Crippen LogP contribution in [0.3, 0.4) is 0 Å². The average Bonchev–Trinajstić information content (AvgIpc) is 3.09. The van der Waals surface area contributed by atoms with E-state index in [1.807, 2.05) is 53.7 Å². The Labute approximate surface area is 149 Å². The summed E-state index contributed by atoms with van der Waals surface area (Å²) in [6, 6.07) is 20.6. The van der Waals surface area contributed by atoms with Gasteiger partial charge in [0.25, 0.3) is 6.33 Å². The predicted octanol–water partition coefficient (Wildman–Crippen LogP) is 3.96. The minimum Gasteiger partial charge on any atom is -0.373 e. The van der Waals surface area contributed by atoms with Gasteiger partial charge < -0.3 is 4.74 Å². The first-order chi connectivity index (χ1) is 12.0. The number of hydrogen-bond donors (Lipinski definition) is 0. The highest BCUT2D eigenvalue weighted by Crippen LogP contribution is 2.26. The molecule has 0 fully saturated rings. The van der Waals surface area contributed by atoms with Crippen molar-refractivity contribution < 1.29 is 9.30 Å². The zero-order valence-corrected chi connectivity index (χ0v) is 15.2. The number of nitrogens with zero attached hydrogens (tertiary/aromatic N) is 3. The van der Waals surface area contributed by atoms with Gasteiger partial charge in [0.2, 0.25) is 6.33 Å². The molecule has 1 heterocycles. The number of para-hydroxylation sites is 1. The molecule has 2 aromatic carbocycles. The monoisotopic (exact) mass is 336 g/mol. The van der Waals surface area contributed by atoms with E-state index in [9.17, 15) is 0 Å². The summed E-state index contributed by atoms with van der Waals surface area (Å²) in [7, 11) is 0. The number of aromatic nitrogens is 3. The summed E-state index contributed by atoms with van der Waals surface area (Å²) in [5.74, 6) is 0. The fraction of sp³-hybridized carbons (Fsp3) is 0.333. The largest absolute Gasteiger partial charge is 0.373 e. The second-order valence-corrected chi connectivity index (χ2v) is 7.36. The van der Waals surface area contributed by atoms with Crippen LogP contribution in [-0.4, -0.2) is 16.4 Å².